The van der Waals surface area contributed by atoms with E-state index in [4.69, 9.17) is 0 Å². The summed E-state index contributed by atoms with van der Waals surface area (Å²) in [7, 11) is 0. The Morgan fingerprint density at radius 3 is 2.50 bits per heavy atom. The predicted molar refractivity (Wildman–Crippen MR) is 68.7 cm³/mol. The van der Waals surface area contributed by atoms with Crippen molar-refractivity contribution >= 4 is 5.91 Å². The maximum absolute atomic E-state index is 12.3. The van der Waals surface area contributed by atoms with Crippen LogP contribution in [0.15, 0.2) is 10.9 Å². The average molecular weight is 246 g/mol. The number of nitrogens with zero attached hydrogens (tertiary/aromatic N) is 1. The highest BCUT2D eigenvalue weighted by Crippen LogP contribution is 2.34. The molecule has 0 radical (unpaired) electrons. The monoisotopic (exact) mass is 246 g/mol. The molecule has 4 nitrogen and oxygen atoms in total. The van der Waals surface area contributed by atoms with Gasteiger partial charge in [-0.3, -0.25) is 9.59 Å². The van der Waals surface area contributed by atoms with Crippen LogP contribution in [-0.4, -0.2) is 21.8 Å². The molecule has 1 saturated carbocycles. The second-order valence-corrected chi connectivity index (χ2v) is 6.32. The summed E-state index contributed by atoms with van der Waals surface area (Å²) in [6.07, 6.45) is 2.19. The zero-order chi connectivity index (χ0) is 13.1. The predicted octanol–water partition coefficient (Wildman–Crippen LogP) is 1.79. The van der Waals surface area contributed by atoms with Gasteiger partial charge in [0.15, 0.2) is 0 Å². The Labute approximate surface area is 106 Å². The van der Waals surface area contributed by atoms with Crippen LogP contribution in [0.2, 0.25) is 0 Å². The lowest BCUT2D eigenvalue weighted by Crippen LogP contribution is -2.26. The molecule has 3 rings (SSSR count). The topological polar surface area (TPSA) is 53.2 Å². The third-order valence-electron chi connectivity index (χ3n) is 3.74. The Morgan fingerprint density at radius 1 is 1.28 bits per heavy atom. The number of aromatic amines is 1. The van der Waals surface area contributed by atoms with Gasteiger partial charge >= 0.3 is 0 Å². The number of hydrogen-bond acceptors (Lipinski definition) is 2. The van der Waals surface area contributed by atoms with E-state index in [1.807, 2.05) is 25.7 Å². The molecule has 2 heterocycles. The molecular formula is C14H18N2O2. The van der Waals surface area contributed by atoms with Crippen LogP contribution in [0.5, 0.6) is 0 Å². The summed E-state index contributed by atoms with van der Waals surface area (Å²) in [4.78, 5) is 29.1. The largest absolute Gasteiger partial charge is 0.330 e. The molecule has 1 aliphatic heterocycles. The fourth-order valence-corrected chi connectivity index (χ4v) is 2.52. The van der Waals surface area contributed by atoms with E-state index in [0.717, 1.165) is 18.5 Å². The summed E-state index contributed by atoms with van der Waals surface area (Å²) >= 11 is 0. The molecule has 1 aromatic rings. The lowest BCUT2D eigenvalue weighted by Gasteiger charge is -2.18. The first-order valence-corrected chi connectivity index (χ1v) is 6.45. The van der Waals surface area contributed by atoms with Crippen molar-refractivity contribution in [1.82, 2.24) is 9.88 Å². The van der Waals surface area contributed by atoms with E-state index in [2.05, 4.69) is 4.98 Å². The van der Waals surface area contributed by atoms with Gasteiger partial charge in [-0.1, -0.05) is 20.8 Å². The molecule has 0 bridgehead atoms. The van der Waals surface area contributed by atoms with Crippen LogP contribution in [0.25, 0.3) is 0 Å². The van der Waals surface area contributed by atoms with Crippen molar-refractivity contribution in [3.63, 3.8) is 0 Å². The summed E-state index contributed by atoms with van der Waals surface area (Å²) in [5.41, 5.74) is 1.85. The number of carbonyl (C=O) groups is 1. The van der Waals surface area contributed by atoms with Crippen molar-refractivity contribution in [2.24, 2.45) is 0 Å². The molecule has 96 valence electrons. The SMILES string of the molecule is CC(C)(C)c1cc2c([nH]c1=O)CN(C1CC1)C2=O. The molecule has 18 heavy (non-hydrogen) atoms. The van der Waals surface area contributed by atoms with Gasteiger partial charge < -0.3 is 9.88 Å². The van der Waals surface area contributed by atoms with Crippen LogP contribution < -0.4 is 5.56 Å². The van der Waals surface area contributed by atoms with E-state index in [1.54, 1.807) is 6.07 Å². The zero-order valence-corrected chi connectivity index (χ0v) is 11.0. The molecule has 1 N–H and O–H groups in total. The van der Waals surface area contributed by atoms with Gasteiger partial charge in [0.1, 0.15) is 0 Å². The molecule has 1 amide bonds. The molecular weight excluding hydrogens is 228 g/mol. The lowest BCUT2D eigenvalue weighted by molar-refractivity contribution is 0.0766. The van der Waals surface area contributed by atoms with Gasteiger partial charge in [0, 0.05) is 11.6 Å². The quantitative estimate of drug-likeness (QED) is 0.821. The summed E-state index contributed by atoms with van der Waals surface area (Å²) in [5, 5.41) is 0. The molecule has 0 atom stereocenters. The number of carbonyl (C=O) groups excluding carboxylic acids is 1. The standard InChI is InChI=1S/C14H18N2O2/c1-14(2,3)10-6-9-11(15-12(10)17)7-16(13(9)18)8-4-5-8/h6,8H,4-5,7H2,1-3H3,(H,15,17). The van der Waals surface area contributed by atoms with Gasteiger partial charge in [-0.15, -0.1) is 0 Å². The van der Waals surface area contributed by atoms with Crippen LogP contribution in [0.4, 0.5) is 0 Å². The molecule has 0 saturated heterocycles. The van der Waals surface area contributed by atoms with Crippen molar-refractivity contribution in [2.75, 3.05) is 0 Å². The lowest BCUT2D eigenvalue weighted by atomic mass is 9.87. The summed E-state index contributed by atoms with van der Waals surface area (Å²) < 4.78 is 0. The van der Waals surface area contributed by atoms with E-state index < -0.39 is 0 Å². The minimum Gasteiger partial charge on any atom is -0.330 e. The van der Waals surface area contributed by atoms with Gasteiger partial charge in [-0.2, -0.15) is 0 Å². The Hall–Kier alpha value is -1.58. The van der Waals surface area contributed by atoms with Gasteiger partial charge in [-0.05, 0) is 24.3 Å². The number of amides is 1. The maximum Gasteiger partial charge on any atom is 0.256 e. The minimum atomic E-state index is -0.240. The van der Waals surface area contributed by atoms with Crippen LogP contribution in [0.3, 0.4) is 0 Å². The highest BCUT2D eigenvalue weighted by molar-refractivity contribution is 5.98. The highest BCUT2D eigenvalue weighted by Gasteiger charge is 2.39. The third kappa shape index (κ3) is 1.67. The van der Waals surface area contributed by atoms with Crippen LogP contribution in [-0.2, 0) is 12.0 Å². The van der Waals surface area contributed by atoms with Gasteiger partial charge in [0.25, 0.3) is 11.5 Å². The average Bonchev–Trinajstić information content (AvgIpc) is 3.03. The number of rotatable bonds is 1. The summed E-state index contributed by atoms with van der Waals surface area (Å²) in [6, 6.07) is 2.19. The number of hydrogen-bond donors (Lipinski definition) is 1. The minimum absolute atomic E-state index is 0.0632. The summed E-state index contributed by atoms with van der Waals surface area (Å²) in [5.74, 6) is 0.0780. The van der Waals surface area contributed by atoms with Crippen molar-refractivity contribution in [1.29, 1.82) is 0 Å². The number of nitrogens with one attached hydrogen (secondary N) is 1. The van der Waals surface area contributed by atoms with E-state index in [9.17, 15) is 9.59 Å². The molecule has 1 aromatic heterocycles. The van der Waals surface area contributed by atoms with Gasteiger partial charge in [-0.25, -0.2) is 0 Å². The second-order valence-electron chi connectivity index (χ2n) is 6.32. The van der Waals surface area contributed by atoms with Gasteiger partial charge in [0.05, 0.1) is 17.8 Å². The molecule has 2 aliphatic rings. The van der Waals surface area contributed by atoms with Gasteiger partial charge in [0.2, 0.25) is 0 Å². The molecule has 0 aromatic carbocycles. The fourth-order valence-electron chi connectivity index (χ4n) is 2.52. The molecule has 0 spiro atoms. The van der Waals surface area contributed by atoms with E-state index in [0.29, 0.717) is 23.7 Å². The van der Waals surface area contributed by atoms with E-state index in [1.165, 1.54) is 0 Å². The van der Waals surface area contributed by atoms with Crippen molar-refractivity contribution in [3.05, 3.63) is 33.2 Å². The Balaban J connectivity index is 2.08. The zero-order valence-electron chi connectivity index (χ0n) is 11.0. The van der Waals surface area contributed by atoms with Crippen molar-refractivity contribution in [3.8, 4) is 0 Å². The Bertz CT molecular complexity index is 576. The maximum atomic E-state index is 12.3. The Kier molecular flexibility index (Phi) is 2.22. The van der Waals surface area contributed by atoms with Crippen LogP contribution in [0, 0.1) is 0 Å². The van der Waals surface area contributed by atoms with E-state index in [-0.39, 0.29) is 16.9 Å². The molecule has 4 heteroatoms. The highest BCUT2D eigenvalue weighted by atomic mass is 16.2. The molecule has 1 fully saturated rings. The first-order valence-electron chi connectivity index (χ1n) is 6.45. The first kappa shape index (κ1) is 11.5. The number of pyridine rings is 1. The third-order valence-corrected chi connectivity index (χ3v) is 3.74. The molecule has 0 unspecified atom stereocenters. The first-order chi connectivity index (χ1) is 8.38. The van der Waals surface area contributed by atoms with Crippen LogP contribution >= 0.6 is 0 Å². The normalized spacial score (nSPS) is 19.3. The number of fused-ring (bicyclic) bond motifs is 1. The second kappa shape index (κ2) is 3.46. The Morgan fingerprint density at radius 2 is 1.94 bits per heavy atom. The smallest absolute Gasteiger partial charge is 0.256 e. The van der Waals surface area contributed by atoms with E-state index >= 15 is 0 Å². The van der Waals surface area contributed by atoms with Crippen LogP contribution in [0.1, 0.15) is 55.2 Å². The summed E-state index contributed by atoms with van der Waals surface area (Å²) in [6.45, 7) is 6.53. The number of H-pyrrole nitrogens is 1. The van der Waals surface area contributed by atoms with Crippen molar-refractivity contribution in [2.45, 2.75) is 51.6 Å². The number of aromatic nitrogens is 1. The molecule has 1 aliphatic carbocycles. The van der Waals surface area contributed by atoms with Crippen molar-refractivity contribution < 1.29 is 4.79 Å². The fraction of sp³-hybridized carbons (Fsp3) is 0.571.